The van der Waals surface area contributed by atoms with Gasteiger partial charge in [0, 0.05) is 6.54 Å². The van der Waals surface area contributed by atoms with Crippen molar-refractivity contribution in [2.45, 2.75) is 17.9 Å². The fourth-order valence-corrected chi connectivity index (χ4v) is 3.29. The Morgan fingerprint density at radius 1 is 1.24 bits per heavy atom. The summed E-state index contributed by atoms with van der Waals surface area (Å²) >= 11 is 0. The van der Waals surface area contributed by atoms with Crippen molar-refractivity contribution in [2.24, 2.45) is 0 Å². The number of rotatable bonds is 8. The topological polar surface area (TPSA) is 125 Å². The van der Waals surface area contributed by atoms with Crippen molar-refractivity contribution in [3.8, 4) is 6.07 Å². The van der Waals surface area contributed by atoms with Crippen LogP contribution in [-0.2, 0) is 19.6 Å². The maximum atomic E-state index is 12.3. The van der Waals surface area contributed by atoms with Crippen LogP contribution < -0.4 is 10.0 Å². The molecule has 2 rings (SSSR count). The lowest BCUT2D eigenvalue weighted by Crippen LogP contribution is -2.30. The van der Waals surface area contributed by atoms with E-state index in [1.54, 1.807) is 24.3 Å². The van der Waals surface area contributed by atoms with Crippen LogP contribution in [0.1, 0.15) is 22.8 Å². The van der Waals surface area contributed by atoms with Crippen LogP contribution in [0.25, 0.3) is 0 Å². The van der Waals surface area contributed by atoms with Crippen LogP contribution >= 0.6 is 0 Å². The number of ether oxygens (including phenoxy) is 1. The summed E-state index contributed by atoms with van der Waals surface area (Å²) < 4.78 is 31.7. The lowest BCUT2D eigenvalue weighted by atomic mass is 10.2. The molecular formula is C20H19N3O5S. The zero-order chi connectivity index (χ0) is 21.4. The summed E-state index contributed by atoms with van der Waals surface area (Å²) in [5.74, 6) is -1.49. The van der Waals surface area contributed by atoms with Gasteiger partial charge in [-0.15, -0.1) is 6.58 Å². The van der Waals surface area contributed by atoms with Gasteiger partial charge in [-0.25, -0.2) is 17.9 Å². The van der Waals surface area contributed by atoms with Gasteiger partial charge in [0.2, 0.25) is 10.0 Å². The predicted molar refractivity (Wildman–Crippen MR) is 106 cm³/mol. The zero-order valence-electron chi connectivity index (χ0n) is 15.6. The monoisotopic (exact) mass is 413 g/mol. The Labute approximate surface area is 168 Å². The number of anilines is 1. The number of carbonyl (C=O) groups is 2. The summed E-state index contributed by atoms with van der Waals surface area (Å²) in [6, 6.07) is 13.6. The van der Waals surface area contributed by atoms with Crippen molar-refractivity contribution < 1.29 is 22.7 Å². The molecule has 9 heteroatoms. The molecule has 0 spiro atoms. The van der Waals surface area contributed by atoms with Crippen LogP contribution in [0.4, 0.5) is 5.69 Å². The molecule has 0 unspecified atom stereocenters. The highest BCUT2D eigenvalue weighted by Gasteiger charge is 2.21. The molecule has 150 valence electrons. The van der Waals surface area contributed by atoms with E-state index in [0.29, 0.717) is 5.69 Å². The van der Waals surface area contributed by atoms with Crippen LogP contribution in [0, 0.1) is 11.3 Å². The third-order valence-electron chi connectivity index (χ3n) is 3.76. The van der Waals surface area contributed by atoms with Gasteiger partial charge in [-0.3, -0.25) is 4.79 Å². The molecule has 0 radical (unpaired) electrons. The summed E-state index contributed by atoms with van der Waals surface area (Å²) in [4.78, 5) is 24.5. The first kappa shape index (κ1) is 21.8. The quantitative estimate of drug-likeness (QED) is 0.505. The standard InChI is InChI=1S/C20H19N3O5S/c1-3-11-22-29(26,27)17-9-6-8-15(12-17)20(25)28-14(2)19(24)23-18-10-5-4-7-16(18)13-21/h3-10,12,14,22H,1,11H2,2H3,(H,23,24)/t14-/m1/s1. The molecule has 2 aromatic carbocycles. The molecule has 1 amide bonds. The number of carbonyl (C=O) groups excluding carboxylic acids is 2. The number of benzene rings is 2. The Morgan fingerprint density at radius 2 is 1.97 bits per heavy atom. The molecule has 8 nitrogen and oxygen atoms in total. The Hall–Kier alpha value is -3.48. The number of hydrogen-bond acceptors (Lipinski definition) is 6. The Balaban J connectivity index is 2.09. The minimum atomic E-state index is -3.81. The number of nitrogens with zero attached hydrogens (tertiary/aromatic N) is 1. The lowest BCUT2D eigenvalue weighted by molar-refractivity contribution is -0.123. The van der Waals surface area contributed by atoms with Gasteiger partial charge >= 0.3 is 5.97 Å². The second kappa shape index (κ2) is 9.64. The predicted octanol–water partition coefficient (Wildman–Crippen LogP) is 2.21. The maximum Gasteiger partial charge on any atom is 0.338 e. The first-order valence-electron chi connectivity index (χ1n) is 8.50. The molecule has 0 saturated heterocycles. The fraction of sp³-hybridized carbons (Fsp3) is 0.150. The van der Waals surface area contributed by atoms with Crippen molar-refractivity contribution in [1.29, 1.82) is 5.26 Å². The summed E-state index contributed by atoms with van der Waals surface area (Å²) in [5.41, 5.74) is 0.539. The number of sulfonamides is 1. The third kappa shape index (κ3) is 5.75. The molecule has 0 aliphatic heterocycles. The average molecular weight is 413 g/mol. The molecule has 0 saturated carbocycles. The van der Waals surface area contributed by atoms with Gasteiger partial charge in [-0.05, 0) is 37.3 Å². The zero-order valence-corrected chi connectivity index (χ0v) is 16.4. The van der Waals surface area contributed by atoms with E-state index in [1.807, 2.05) is 6.07 Å². The molecule has 0 aliphatic rings. The highest BCUT2D eigenvalue weighted by atomic mass is 32.2. The van der Waals surface area contributed by atoms with Gasteiger partial charge < -0.3 is 10.1 Å². The van der Waals surface area contributed by atoms with Gasteiger partial charge in [0.25, 0.3) is 5.91 Å². The summed E-state index contributed by atoms with van der Waals surface area (Å²) in [6.07, 6.45) is 0.217. The van der Waals surface area contributed by atoms with E-state index in [4.69, 9.17) is 10.00 Å². The van der Waals surface area contributed by atoms with Gasteiger partial charge in [0.15, 0.2) is 6.10 Å². The number of nitriles is 1. The smallest absolute Gasteiger partial charge is 0.338 e. The van der Waals surface area contributed by atoms with Crippen LogP contribution in [0.2, 0.25) is 0 Å². The highest BCUT2D eigenvalue weighted by molar-refractivity contribution is 7.89. The molecule has 0 fully saturated rings. The van der Waals surface area contributed by atoms with E-state index in [-0.39, 0.29) is 22.6 Å². The van der Waals surface area contributed by atoms with Gasteiger partial charge in [0.1, 0.15) is 6.07 Å². The first-order chi connectivity index (χ1) is 13.8. The average Bonchev–Trinajstić information content (AvgIpc) is 2.72. The van der Waals surface area contributed by atoms with Crippen molar-refractivity contribution in [2.75, 3.05) is 11.9 Å². The molecule has 0 heterocycles. The van der Waals surface area contributed by atoms with Gasteiger partial charge in [-0.1, -0.05) is 24.3 Å². The number of esters is 1. The maximum absolute atomic E-state index is 12.3. The van der Waals surface area contributed by atoms with Crippen molar-refractivity contribution in [3.63, 3.8) is 0 Å². The first-order valence-corrected chi connectivity index (χ1v) is 9.98. The Kier molecular flexibility index (Phi) is 7.25. The second-order valence-corrected chi connectivity index (χ2v) is 7.63. The van der Waals surface area contributed by atoms with Gasteiger partial charge in [0.05, 0.1) is 21.7 Å². The van der Waals surface area contributed by atoms with Crippen molar-refractivity contribution >= 4 is 27.6 Å². The molecule has 29 heavy (non-hydrogen) atoms. The second-order valence-electron chi connectivity index (χ2n) is 5.86. The third-order valence-corrected chi connectivity index (χ3v) is 5.18. The molecular weight excluding hydrogens is 394 g/mol. The van der Waals surface area contributed by atoms with Crippen LogP contribution in [0.3, 0.4) is 0 Å². The van der Waals surface area contributed by atoms with E-state index in [0.717, 1.165) is 6.07 Å². The molecule has 2 N–H and O–H groups in total. The molecule has 0 aliphatic carbocycles. The minimum absolute atomic E-state index is 0.0245. The SMILES string of the molecule is C=CCNS(=O)(=O)c1cccc(C(=O)O[C@H](C)C(=O)Nc2ccccc2C#N)c1. The number of para-hydroxylation sites is 1. The van der Waals surface area contributed by atoms with Crippen LogP contribution in [0.5, 0.6) is 0 Å². The Bertz CT molecular complexity index is 1070. The number of nitrogens with one attached hydrogen (secondary N) is 2. The Morgan fingerprint density at radius 3 is 2.66 bits per heavy atom. The van der Waals surface area contributed by atoms with Crippen molar-refractivity contribution in [3.05, 3.63) is 72.3 Å². The largest absolute Gasteiger partial charge is 0.449 e. The highest BCUT2D eigenvalue weighted by Crippen LogP contribution is 2.16. The molecule has 0 aromatic heterocycles. The van der Waals surface area contributed by atoms with E-state index in [9.17, 15) is 18.0 Å². The van der Waals surface area contributed by atoms with Crippen molar-refractivity contribution in [1.82, 2.24) is 4.72 Å². The molecule has 2 aromatic rings. The van der Waals surface area contributed by atoms with Gasteiger partial charge in [-0.2, -0.15) is 5.26 Å². The van der Waals surface area contributed by atoms with E-state index >= 15 is 0 Å². The summed E-state index contributed by atoms with van der Waals surface area (Å²) in [6.45, 7) is 4.85. The van der Waals surface area contributed by atoms with E-state index in [2.05, 4.69) is 16.6 Å². The van der Waals surface area contributed by atoms with Crippen LogP contribution in [0.15, 0.2) is 66.1 Å². The van der Waals surface area contributed by atoms with Crippen LogP contribution in [-0.4, -0.2) is 32.9 Å². The number of amides is 1. The fourth-order valence-electron chi connectivity index (χ4n) is 2.25. The molecule has 0 bridgehead atoms. The summed E-state index contributed by atoms with van der Waals surface area (Å²) in [7, 11) is -3.81. The summed E-state index contributed by atoms with van der Waals surface area (Å²) in [5, 5.41) is 11.6. The molecule has 1 atom stereocenters. The van der Waals surface area contributed by atoms with E-state index in [1.165, 1.54) is 31.2 Å². The number of hydrogen-bond donors (Lipinski definition) is 2. The minimum Gasteiger partial charge on any atom is -0.449 e. The normalized spacial score (nSPS) is 11.7. The van der Waals surface area contributed by atoms with E-state index < -0.39 is 28.0 Å². The lowest BCUT2D eigenvalue weighted by Gasteiger charge is -2.14.